The molecule has 2 rings (SSSR count). The van der Waals surface area contributed by atoms with Crippen LogP contribution in [0.25, 0.3) is 0 Å². The Kier molecular flexibility index (Phi) is 17.6. The Labute approximate surface area is 237 Å². The van der Waals surface area contributed by atoms with E-state index in [1.807, 2.05) is 0 Å². The molecule has 11 atom stereocenters. The minimum Gasteiger partial charge on any atom is -0.394 e. The molecule has 12 heteroatoms. The van der Waals surface area contributed by atoms with Gasteiger partial charge in [0.2, 0.25) is 0 Å². The second-order valence-electron chi connectivity index (χ2n) is 11.1. The fourth-order valence-electron chi connectivity index (χ4n) is 5.26. The van der Waals surface area contributed by atoms with Gasteiger partial charge in [0, 0.05) is 6.61 Å². The van der Waals surface area contributed by atoms with E-state index in [9.17, 15) is 40.9 Å². The van der Waals surface area contributed by atoms with E-state index in [4.69, 9.17) is 18.9 Å². The number of aliphatic hydroxyl groups excluding tert-OH is 8. The van der Waals surface area contributed by atoms with Gasteiger partial charge in [-0.05, 0) is 6.42 Å². The topological polar surface area (TPSA) is 199 Å². The van der Waals surface area contributed by atoms with Gasteiger partial charge in [-0.25, -0.2) is 0 Å². The fourth-order valence-corrected chi connectivity index (χ4v) is 5.26. The minimum absolute atomic E-state index is 0.0195. The molecule has 2 fully saturated rings. The molecule has 0 aromatic rings. The molecule has 0 spiro atoms. The van der Waals surface area contributed by atoms with Crippen LogP contribution in [0.2, 0.25) is 0 Å². The zero-order valence-electron chi connectivity index (χ0n) is 23.9. The van der Waals surface area contributed by atoms with Gasteiger partial charge in [0.1, 0.15) is 61.0 Å². The third-order valence-corrected chi connectivity index (χ3v) is 7.86. The molecule has 1 unspecified atom stereocenters. The van der Waals surface area contributed by atoms with E-state index in [2.05, 4.69) is 6.92 Å². The Balaban J connectivity index is 1.63. The highest BCUT2D eigenvalue weighted by atomic mass is 16.7. The molecular weight excluding hydrogens is 528 g/mol. The van der Waals surface area contributed by atoms with Crippen LogP contribution in [0.5, 0.6) is 0 Å². The van der Waals surface area contributed by atoms with Crippen LogP contribution in [-0.4, -0.2) is 135 Å². The van der Waals surface area contributed by atoms with Crippen molar-refractivity contribution >= 4 is 0 Å². The average Bonchev–Trinajstić information content (AvgIpc) is 2.95. The van der Waals surface area contributed by atoms with Crippen LogP contribution in [0, 0.1) is 0 Å². The van der Waals surface area contributed by atoms with Gasteiger partial charge in [-0.15, -0.1) is 0 Å². The molecule has 2 saturated heterocycles. The van der Waals surface area contributed by atoms with Crippen molar-refractivity contribution in [2.24, 2.45) is 0 Å². The van der Waals surface area contributed by atoms with E-state index in [-0.39, 0.29) is 13.2 Å². The molecule has 0 bridgehead atoms. The standard InChI is InChI=1S/C28H54O12/c1-2-3-4-5-6-7-8-9-10-11-12-13-14-37-15-16-38-28-24(35)21(32)23(34)27(40-28)25(36)26-22(33)20(31)19(30)18(17-29)39-26/h18-36H,2-17H2,1H3/t18-,19+,20+,21+,22-,23+,24-,25?,26-,27+,28+/m1/s1. The fraction of sp³-hybridized carbons (Fsp3) is 1.00. The van der Waals surface area contributed by atoms with Crippen LogP contribution < -0.4 is 0 Å². The normalized spacial score (nSPS) is 35.6. The van der Waals surface area contributed by atoms with Crippen LogP contribution in [0.4, 0.5) is 0 Å². The van der Waals surface area contributed by atoms with E-state index < -0.39 is 73.9 Å². The largest absolute Gasteiger partial charge is 0.394 e. The zero-order valence-corrected chi connectivity index (χ0v) is 23.9. The predicted octanol–water partition coefficient (Wildman–Crippen LogP) is -0.268. The van der Waals surface area contributed by atoms with Gasteiger partial charge in [-0.1, -0.05) is 77.6 Å². The molecule has 2 heterocycles. The first-order valence-corrected chi connectivity index (χ1v) is 15.1. The molecule has 8 N–H and O–H groups in total. The third kappa shape index (κ3) is 11.0. The van der Waals surface area contributed by atoms with Crippen LogP contribution >= 0.6 is 0 Å². The Morgan fingerprint density at radius 1 is 0.575 bits per heavy atom. The Morgan fingerprint density at radius 3 is 1.62 bits per heavy atom. The summed E-state index contributed by atoms with van der Waals surface area (Å²) >= 11 is 0. The van der Waals surface area contributed by atoms with Crippen molar-refractivity contribution in [3.8, 4) is 0 Å². The number of rotatable bonds is 20. The van der Waals surface area contributed by atoms with E-state index in [0.29, 0.717) is 6.61 Å². The van der Waals surface area contributed by atoms with Gasteiger partial charge in [0.05, 0.1) is 19.8 Å². The SMILES string of the molecule is CCCCCCCCCCCCCCOCCO[C@H]1O[C@H](C(O)[C@@H]2O[C@H](CO)[C@H](O)[C@H](O)[C@H]2O)[C@@H](O)[C@H](O)[C@H]1O. The van der Waals surface area contributed by atoms with Gasteiger partial charge in [0.15, 0.2) is 6.29 Å². The highest BCUT2D eigenvalue weighted by Gasteiger charge is 2.53. The maximum atomic E-state index is 10.8. The number of ether oxygens (including phenoxy) is 4. The molecule has 0 amide bonds. The number of hydrogen-bond acceptors (Lipinski definition) is 12. The predicted molar refractivity (Wildman–Crippen MR) is 144 cm³/mol. The molecule has 238 valence electrons. The van der Waals surface area contributed by atoms with Crippen molar-refractivity contribution in [3.63, 3.8) is 0 Å². The van der Waals surface area contributed by atoms with Crippen molar-refractivity contribution in [2.45, 2.75) is 151 Å². The first-order valence-electron chi connectivity index (χ1n) is 15.1. The lowest BCUT2D eigenvalue weighted by Gasteiger charge is -2.47. The van der Waals surface area contributed by atoms with Crippen molar-refractivity contribution in [2.75, 3.05) is 26.4 Å². The lowest BCUT2D eigenvalue weighted by molar-refractivity contribution is -0.329. The molecule has 0 radical (unpaired) electrons. The smallest absolute Gasteiger partial charge is 0.186 e. The summed E-state index contributed by atoms with van der Waals surface area (Å²) < 4.78 is 21.9. The second kappa shape index (κ2) is 19.7. The van der Waals surface area contributed by atoms with Gasteiger partial charge in [0.25, 0.3) is 0 Å². The van der Waals surface area contributed by atoms with Gasteiger partial charge in [-0.2, -0.15) is 0 Å². The third-order valence-electron chi connectivity index (χ3n) is 7.86. The van der Waals surface area contributed by atoms with Gasteiger partial charge < -0.3 is 59.8 Å². The maximum absolute atomic E-state index is 10.8. The van der Waals surface area contributed by atoms with E-state index in [1.54, 1.807) is 0 Å². The molecule has 0 aliphatic carbocycles. The lowest BCUT2D eigenvalue weighted by atomic mass is 9.86. The van der Waals surface area contributed by atoms with E-state index in [1.165, 1.54) is 64.2 Å². The van der Waals surface area contributed by atoms with Crippen LogP contribution in [0.15, 0.2) is 0 Å². The van der Waals surface area contributed by atoms with E-state index in [0.717, 1.165) is 12.8 Å². The highest BCUT2D eigenvalue weighted by Crippen LogP contribution is 2.30. The lowest BCUT2D eigenvalue weighted by Crippen LogP contribution is -2.67. The van der Waals surface area contributed by atoms with E-state index >= 15 is 0 Å². The van der Waals surface area contributed by atoms with Crippen LogP contribution in [0.1, 0.15) is 84.0 Å². The summed E-state index contributed by atoms with van der Waals surface area (Å²) in [5, 5.41) is 81.3. The summed E-state index contributed by atoms with van der Waals surface area (Å²) in [6.07, 6.45) is -2.91. The molecule has 0 aromatic heterocycles. The van der Waals surface area contributed by atoms with Crippen molar-refractivity contribution in [1.82, 2.24) is 0 Å². The summed E-state index contributed by atoms with van der Waals surface area (Å²) in [7, 11) is 0. The van der Waals surface area contributed by atoms with Crippen LogP contribution in [0.3, 0.4) is 0 Å². The minimum atomic E-state index is -1.81. The first-order chi connectivity index (χ1) is 19.2. The summed E-state index contributed by atoms with van der Waals surface area (Å²) in [4.78, 5) is 0. The zero-order chi connectivity index (χ0) is 29.5. The molecule has 12 nitrogen and oxygen atoms in total. The van der Waals surface area contributed by atoms with Gasteiger partial charge in [-0.3, -0.25) is 0 Å². The first kappa shape index (κ1) is 35.7. The number of unbranched alkanes of at least 4 members (excludes halogenated alkanes) is 11. The molecular formula is C28H54O12. The Morgan fingerprint density at radius 2 is 1.07 bits per heavy atom. The van der Waals surface area contributed by atoms with Crippen molar-refractivity contribution in [3.05, 3.63) is 0 Å². The summed E-state index contributed by atoms with van der Waals surface area (Å²) in [5.74, 6) is 0. The Hall–Kier alpha value is -0.480. The molecule has 40 heavy (non-hydrogen) atoms. The number of hydrogen-bond donors (Lipinski definition) is 8. The van der Waals surface area contributed by atoms with Gasteiger partial charge >= 0.3 is 0 Å². The quantitative estimate of drug-likeness (QED) is 0.0876. The molecule has 0 aromatic carbocycles. The van der Waals surface area contributed by atoms with Crippen molar-refractivity contribution < 1.29 is 59.8 Å². The molecule has 0 saturated carbocycles. The summed E-state index contributed by atoms with van der Waals surface area (Å²) in [6, 6.07) is 0. The molecule has 2 aliphatic rings. The van der Waals surface area contributed by atoms with Crippen LogP contribution in [-0.2, 0) is 18.9 Å². The van der Waals surface area contributed by atoms with Crippen molar-refractivity contribution in [1.29, 1.82) is 0 Å². The second-order valence-corrected chi connectivity index (χ2v) is 11.1. The average molecular weight is 583 g/mol. The highest BCUT2D eigenvalue weighted by molar-refractivity contribution is 5.01. The number of aliphatic hydroxyl groups is 8. The molecule has 2 aliphatic heterocycles. The Bertz CT molecular complexity index is 640. The monoisotopic (exact) mass is 582 g/mol. The summed E-state index contributed by atoms with van der Waals surface area (Å²) in [5.41, 5.74) is 0. The maximum Gasteiger partial charge on any atom is 0.186 e. The summed E-state index contributed by atoms with van der Waals surface area (Å²) in [6.45, 7) is 2.33.